The van der Waals surface area contributed by atoms with E-state index in [0.29, 0.717) is 40.8 Å². The maximum Gasteiger partial charge on any atom is 0.330 e. The van der Waals surface area contributed by atoms with Crippen LogP contribution in [0.5, 0.6) is 11.5 Å². The number of hydrogen-bond donors (Lipinski definition) is 2. The maximum atomic E-state index is 12.1. The van der Waals surface area contributed by atoms with Crippen molar-refractivity contribution in [2.45, 2.75) is 31.7 Å². The Morgan fingerprint density at radius 2 is 2.04 bits per heavy atom. The van der Waals surface area contributed by atoms with E-state index in [1.54, 1.807) is 37.4 Å². The molecule has 1 aliphatic carbocycles. The molecule has 0 aromatic heterocycles. The second-order valence-corrected chi connectivity index (χ2v) is 6.45. The lowest BCUT2D eigenvalue weighted by Crippen LogP contribution is -2.21. The first-order chi connectivity index (χ1) is 13.1. The third kappa shape index (κ3) is 4.14. The first kappa shape index (κ1) is 18.6. The second kappa shape index (κ2) is 8.00. The van der Waals surface area contributed by atoms with Crippen LogP contribution in [-0.4, -0.2) is 24.8 Å². The highest BCUT2D eigenvalue weighted by atomic mass is 16.5. The first-order valence-corrected chi connectivity index (χ1v) is 8.91. The molecule has 2 N–H and O–H groups in total. The van der Waals surface area contributed by atoms with E-state index in [2.05, 4.69) is 5.32 Å². The molecule has 140 valence electrons. The van der Waals surface area contributed by atoms with Crippen LogP contribution in [0, 0.1) is 11.3 Å². The molecule has 0 heterocycles. The number of anilines is 1. The lowest BCUT2D eigenvalue weighted by molar-refractivity contribution is -0.138. The van der Waals surface area contributed by atoms with Crippen molar-refractivity contribution in [1.82, 2.24) is 0 Å². The van der Waals surface area contributed by atoms with Crippen LogP contribution >= 0.6 is 0 Å². The fraction of sp³-hybridized carbons (Fsp3) is 0.333. The summed E-state index contributed by atoms with van der Waals surface area (Å²) in [5, 5.41) is 21.8. The molecule has 2 aromatic carbocycles. The van der Waals surface area contributed by atoms with Gasteiger partial charge in [0.1, 0.15) is 11.5 Å². The molecule has 0 spiro atoms. The van der Waals surface area contributed by atoms with Crippen LogP contribution in [0.1, 0.15) is 48.4 Å². The number of ether oxygens (including phenoxy) is 2. The van der Waals surface area contributed by atoms with Gasteiger partial charge in [-0.05, 0) is 62.1 Å². The summed E-state index contributed by atoms with van der Waals surface area (Å²) in [5.41, 5.74) is 2.64. The van der Waals surface area contributed by atoms with Crippen LogP contribution in [-0.2, 0) is 4.79 Å². The number of carbonyl (C=O) groups is 1. The van der Waals surface area contributed by atoms with Gasteiger partial charge in [-0.25, -0.2) is 4.79 Å². The molecule has 0 amide bonds. The number of rotatable bonds is 8. The van der Waals surface area contributed by atoms with Gasteiger partial charge in [-0.15, -0.1) is 0 Å². The molecule has 0 radical (unpaired) electrons. The normalized spacial score (nSPS) is 14.1. The minimum Gasteiger partial charge on any atom is -0.496 e. The third-order valence-corrected chi connectivity index (χ3v) is 4.54. The van der Waals surface area contributed by atoms with Gasteiger partial charge in [0.2, 0.25) is 0 Å². The number of hydrogen-bond acceptors (Lipinski definition) is 5. The zero-order valence-electron chi connectivity index (χ0n) is 15.4. The molecule has 6 heteroatoms. The highest BCUT2D eigenvalue weighted by Gasteiger charge is 2.32. The van der Waals surface area contributed by atoms with Gasteiger partial charge in [0.05, 0.1) is 25.3 Å². The molecular weight excluding hydrogens is 344 g/mol. The molecule has 1 unspecified atom stereocenters. The maximum absolute atomic E-state index is 12.1. The molecule has 6 nitrogen and oxygen atoms in total. The Morgan fingerprint density at radius 3 is 2.56 bits per heavy atom. The van der Waals surface area contributed by atoms with Crippen molar-refractivity contribution in [3.63, 3.8) is 0 Å². The molecule has 0 saturated heterocycles. The molecule has 1 fully saturated rings. The minimum absolute atomic E-state index is 0.378. The summed E-state index contributed by atoms with van der Waals surface area (Å²) < 4.78 is 11.3. The van der Waals surface area contributed by atoms with Crippen molar-refractivity contribution < 1.29 is 19.4 Å². The van der Waals surface area contributed by atoms with Crippen LogP contribution in [0.2, 0.25) is 0 Å². The molecule has 0 bridgehead atoms. The van der Waals surface area contributed by atoms with Gasteiger partial charge >= 0.3 is 5.97 Å². The number of nitrogens with one attached hydrogen (secondary N) is 1. The van der Waals surface area contributed by atoms with E-state index in [9.17, 15) is 9.90 Å². The average molecular weight is 366 g/mol. The molecule has 1 saturated carbocycles. The fourth-order valence-corrected chi connectivity index (χ4v) is 3.12. The van der Waals surface area contributed by atoms with Crippen molar-refractivity contribution in [3.8, 4) is 17.6 Å². The smallest absolute Gasteiger partial charge is 0.330 e. The molecule has 1 aliphatic rings. The van der Waals surface area contributed by atoms with E-state index in [-0.39, 0.29) is 0 Å². The van der Waals surface area contributed by atoms with Crippen LogP contribution in [0.15, 0.2) is 36.4 Å². The van der Waals surface area contributed by atoms with Crippen LogP contribution in [0.3, 0.4) is 0 Å². The summed E-state index contributed by atoms with van der Waals surface area (Å²) in [6.45, 7) is 2.39. The van der Waals surface area contributed by atoms with E-state index in [4.69, 9.17) is 14.7 Å². The van der Waals surface area contributed by atoms with E-state index in [1.807, 2.05) is 19.1 Å². The zero-order valence-corrected chi connectivity index (χ0v) is 15.4. The summed E-state index contributed by atoms with van der Waals surface area (Å²) >= 11 is 0. The van der Waals surface area contributed by atoms with Gasteiger partial charge in [0, 0.05) is 16.8 Å². The van der Waals surface area contributed by atoms with Gasteiger partial charge in [0.25, 0.3) is 0 Å². The molecule has 1 atom stereocenters. The quantitative estimate of drug-likeness (QED) is 0.731. The van der Waals surface area contributed by atoms with Crippen molar-refractivity contribution >= 4 is 11.7 Å². The van der Waals surface area contributed by atoms with Crippen molar-refractivity contribution in [1.29, 1.82) is 5.26 Å². The minimum atomic E-state index is -1.02. The highest BCUT2D eigenvalue weighted by Crippen LogP contribution is 2.48. The van der Waals surface area contributed by atoms with Gasteiger partial charge in [-0.3, -0.25) is 0 Å². The van der Waals surface area contributed by atoms with E-state index < -0.39 is 12.0 Å². The van der Waals surface area contributed by atoms with E-state index >= 15 is 0 Å². The lowest BCUT2D eigenvalue weighted by atomic mass is 9.98. The van der Waals surface area contributed by atoms with Gasteiger partial charge in [0.15, 0.2) is 6.04 Å². The Hall–Kier alpha value is -3.20. The third-order valence-electron chi connectivity index (χ3n) is 4.54. The molecule has 3 rings (SSSR count). The number of aliphatic carboxylic acids is 1. The number of benzene rings is 2. The number of carboxylic acid groups (broad SMARTS) is 1. The van der Waals surface area contributed by atoms with Crippen LogP contribution in [0.4, 0.5) is 5.69 Å². The summed E-state index contributed by atoms with van der Waals surface area (Å²) in [5.74, 6) is 0.592. The first-order valence-electron chi connectivity index (χ1n) is 8.91. The number of methoxy groups -OCH3 is 1. The summed E-state index contributed by atoms with van der Waals surface area (Å²) in [6, 6.07) is 11.4. The topological polar surface area (TPSA) is 91.6 Å². The molecule has 27 heavy (non-hydrogen) atoms. The van der Waals surface area contributed by atoms with Gasteiger partial charge < -0.3 is 19.9 Å². The Balaban J connectivity index is 2.02. The second-order valence-electron chi connectivity index (χ2n) is 6.45. The van der Waals surface area contributed by atoms with Crippen LogP contribution in [0.25, 0.3) is 0 Å². The van der Waals surface area contributed by atoms with Gasteiger partial charge in [-0.1, -0.05) is 0 Å². The number of nitriles is 1. The monoisotopic (exact) mass is 366 g/mol. The SMILES string of the molecule is CCOc1cc(C2CC2)c(OC)c(C(Nc2ccc(C#N)cc2)C(=O)O)c1. The van der Waals surface area contributed by atoms with Crippen molar-refractivity contribution in [2.75, 3.05) is 19.0 Å². The summed E-state index contributed by atoms with van der Waals surface area (Å²) in [6.07, 6.45) is 2.12. The molecule has 0 aliphatic heterocycles. The average Bonchev–Trinajstić information content (AvgIpc) is 3.51. The Bertz CT molecular complexity index is 867. The van der Waals surface area contributed by atoms with Crippen molar-refractivity contribution in [3.05, 3.63) is 53.1 Å². The highest BCUT2D eigenvalue weighted by molar-refractivity contribution is 5.81. The van der Waals surface area contributed by atoms with Gasteiger partial charge in [-0.2, -0.15) is 5.26 Å². The van der Waals surface area contributed by atoms with E-state index in [0.717, 1.165) is 18.4 Å². The molecular formula is C21H22N2O4. The zero-order chi connectivity index (χ0) is 19.4. The fourth-order valence-electron chi connectivity index (χ4n) is 3.12. The predicted octanol–water partition coefficient (Wildman–Crippen LogP) is 4.08. The number of nitrogens with zero attached hydrogens (tertiary/aromatic N) is 1. The standard InChI is InChI=1S/C21H22N2O4/c1-3-27-16-10-17(14-6-7-14)20(26-2)18(11-16)19(21(24)25)23-15-8-4-13(12-22)5-9-15/h4-5,8-11,14,19,23H,3,6-7H2,1-2H3,(H,24,25). The largest absolute Gasteiger partial charge is 0.496 e. The Morgan fingerprint density at radius 1 is 1.33 bits per heavy atom. The Labute approximate surface area is 158 Å². The summed E-state index contributed by atoms with van der Waals surface area (Å²) in [4.78, 5) is 12.1. The van der Waals surface area contributed by atoms with Crippen LogP contribution < -0.4 is 14.8 Å². The number of carboxylic acids is 1. The lowest BCUT2D eigenvalue weighted by Gasteiger charge is -2.22. The Kier molecular flexibility index (Phi) is 5.51. The molecule has 2 aromatic rings. The van der Waals surface area contributed by atoms with Crippen molar-refractivity contribution in [2.24, 2.45) is 0 Å². The summed E-state index contributed by atoms with van der Waals surface area (Å²) in [7, 11) is 1.56. The predicted molar refractivity (Wildman–Crippen MR) is 101 cm³/mol. The van der Waals surface area contributed by atoms with E-state index in [1.165, 1.54) is 0 Å².